The molecule has 0 aliphatic heterocycles. The highest BCUT2D eigenvalue weighted by Crippen LogP contribution is 2.14. The molecule has 2 aromatic rings. The third-order valence-corrected chi connectivity index (χ3v) is 4.03. The predicted molar refractivity (Wildman–Crippen MR) is 128 cm³/mol. The van der Waals surface area contributed by atoms with Gasteiger partial charge in [-0.05, 0) is 49.2 Å². The van der Waals surface area contributed by atoms with Crippen LogP contribution in [-0.4, -0.2) is 50.1 Å². The maximum atomic E-state index is 5.51. The van der Waals surface area contributed by atoms with Gasteiger partial charge in [0.15, 0.2) is 5.96 Å². The van der Waals surface area contributed by atoms with E-state index in [0.717, 1.165) is 36.2 Å². The highest BCUT2D eigenvalue weighted by atomic mass is 127. The molecule has 0 saturated carbocycles. The molecule has 0 spiro atoms. The van der Waals surface area contributed by atoms with Gasteiger partial charge in [-0.1, -0.05) is 12.1 Å². The number of pyridine rings is 1. The van der Waals surface area contributed by atoms with Gasteiger partial charge in [-0.15, -0.1) is 24.0 Å². The first kappa shape index (κ1) is 24.0. The van der Waals surface area contributed by atoms with Crippen LogP contribution in [0.25, 0.3) is 0 Å². The summed E-state index contributed by atoms with van der Waals surface area (Å²) in [5.74, 6) is 2.73. The second-order valence-electron chi connectivity index (χ2n) is 6.52. The van der Waals surface area contributed by atoms with Crippen molar-refractivity contribution in [2.24, 2.45) is 4.99 Å². The average molecular weight is 497 g/mol. The lowest BCUT2D eigenvalue weighted by molar-refractivity contribution is 0.340. The van der Waals surface area contributed by atoms with E-state index in [1.807, 2.05) is 50.3 Å². The topological polar surface area (TPSA) is 53.0 Å². The molecule has 0 radical (unpaired) electrons. The summed E-state index contributed by atoms with van der Waals surface area (Å²) in [5, 5.41) is 3.37. The molecular formula is C21H32IN5O. The van der Waals surface area contributed by atoms with Gasteiger partial charge < -0.3 is 19.9 Å². The van der Waals surface area contributed by atoms with E-state index >= 15 is 0 Å². The Hall–Kier alpha value is -2.03. The molecule has 1 aromatic carbocycles. The number of aromatic nitrogens is 1. The van der Waals surface area contributed by atoms with Crippen LogP contribution in [0.1, 0.15) is 25.0 Å². The van der Waals surface area contributed by atoms with Crippen LogP contribution in [0.5, 0.6) is 5.75 Å². The summed E-state index contributed by atoms with van der Waals surface area (Å²) in [4.78, 5) is 13.3. The van der Waals surface area contributed by atoms with E-state index < -0.39 is 0 Å². The molecule has 0 aliphatic carbocycles. The molecule has 0 fully saturated rings. The van der Waals surface area contributed by atoms with Gasteiger partial charge in [0.05, 0.1) is 13.2 Å². The first-order chi connectivity index (χ1) is 13.0. The molecule has 0 amide bonds. The van der Waals surface area contributed by atoms with Crippen molar-refractivity contribution in [3.05, 3.63) is 53.7 Å². The van der Waals surface area contributed by atoms with Gasteiger partial charge in [-0.2, -0.15) is 0 Å². The van der Waals surface area contributed by atoms with Gasteiger partial charge in [-0.3, -0.25) is 0 Å². The summed E-state index contributed by atoms with van der Waals surface area (Å²) < 4.78 is 5.51. The van der Waals surface area contributed by atoms with Crippen molar-refractivity contribution >= 4 is 35.8 Å². The number of halogens is 1. The van der Waals surface area contributed by atoms with Crippen molar-refractivity contribution < 1.29 is 4.74 Å². The van der Waals surface area contributed by atoms with Crippen molar-refractivity contribution in [3.63, 3.8) is 0 Å². The zero-order chi connectivity index (χ0) is 19.6. The van der Waals surface area contributed by atoms with E-state index in [2.05, 4.69) is 47.4 Å². The summed E-state index contributed by atoms with van der Waals surface area (Å²) in [7, 11) is 6.03. The minimum absolute atomic E-state index is 0. The highest BCUT2D eigenvalue weighted by Gasteiger charge is 2.07. The number of nitrogens with one attached hydrogen (secondary N) is 1. The SMILES string of the molecule is CCNC(=NCc1ccnc(N(C)C)c1)N(C)Cc1ccc(OCC)cc1.I. The molecule has 154 valence electrons. The van der Waals surface area contributed by atoms with E-state index in [4.69, 9.17) is 9.73 Å². The van der Waals surface area contributed by atoms with E-state index in [9.17, 15) is 0 Å². The predicted octanol–water partition coefficient (Wildman–Crippen LogP) is 3.76. The van der Waals surface area contributed by atoms with Crippen LogP contribution in [0, 0.1) is 0 Å². The lowest BCUT2D eigenvalue weighted by atomic mass is 10.2. The number of rotatable bonds is 8. The first-order valence-corrected chi connectivity index (χ1v) is 9.37. The number of anilines is 1. The summed E-state index contributed by atoms with van der Waals surface area (Å²) in [6.07, 6.45) is 1.83. The maximum Gasteiger partial charge on any atom is 0.194 e. The molecular weight excluding hydrogens is 465 g/mol. The number of ether oxygens (including phenoxy) is 1. The van der Waals surface area contributed by atoms with Crippen molar-refractivity contribution in [3.8, 4) is 5.75 Å². The third-order valence-electron chi connectivity index (χ3n) is 4.03. The first-order valence-electron chi connectivity index (χ1n) is 9.37. The van der Waals surface area contributed by atoms with Gasteiger partial charge in [-0.25, -0.2) is 9.98 Å². The Morgan fingerprint density at radius 1 is 1.07 bits per heavy atom. The van der Waals surface area contributed by atoms with E-state index in [0.29, 0.717) is 13.2 Å². The van der Waals surface area contributed by atoms with Crippen molar-refractivity contribution in [2.45, 2.75) is 26.9 Å². The van der Waals surface area contributed by atoms with Crippen molar-refractivity contribution in [1.82, 2.24) is 15.2 Å². The minimum Gasteiger partial charge on any atom is -0.494 e. The summed E-state index contributed by atoms with van der Waals surface area (Å²) in [6.45, 7) is 6.96. The van der Waals surface area contributed by atoms with Crippen LogP contribution in [-0.2, 0) is 13.1 Å². The molecule has 7 heteroatoms. The highest BCUT2D eigenvalue weighted by molar-refractivity contribution is 14.0. The van der Waals surface area contributed by atoms with Gasteiger partial charge >= 0.3 is 0 Å². The van der Waals surface area contributed by atoms with E-state index in [1.165, 1.54) is 5.56 Å². The number of aliphatic imine (C=N–C) groups is 1. The lowest BCUT2D eigenvalue weighted by Crippen LogP contribution is -2.38. The number of hydrogen-bond acceptors (Lipinski definition) is 4. The zero-order valence-electron chi connectivity index (χ0n) is 17.5. The van der Waals surface area contributed by atoms with Gasteiger partial charge in [0.1, 0.15) is 11.6 Å². The summed E-state index contributed by atoms with van der Waals surface area (Å²) in [5.41, 5.74) is 2.35. The summed E-state index contributed by atoms with van der Waals surface area (Å²) >= 11 is 0. The standard InChI is InChI=1S/C21H31N5O.HI/c1-6-22-21(24-15-18-12-13-23-20(14-18)25(3)4)26(5)16-17-8-10-19(11-9-17)27-7-2;/h8-14H,6-7,15-16H2,1-5H3,(H,22,24);1H. The van der Waals surface area contributed by atoms with Gasteiger partial charge in [0.25, 0.3) is 0 Å². The van der Waals surface area contributed by atoms with Gasteiger partial charge in [0.2, 0.25) is 0 Å². The molecule has 1 aromatic heterocycles. The Labute approximate surface area is 186 Å². The average Bonchev–Trinajstić information content (AvgIpc) is 2.67. The zero-order valence-corrected chi connectivity index (χ0v) is 19.8. The Morgan fingerprint density at radius 3 is 2.39 bits per heavy atom. The molecule has 1 heterocycles. The second kappa shape index (κ2) is 12.4. The molecule has 0 unspecified atom stereocenters. The Balaban J connectivity index is 0.00000392. The quantitative estimate of drug-likeness (QED) is 0.342. The van der Waals surface area contributed by atoms with E-state index in [1.54, 1.807) is 0 Å². The molecule has 28 heavy (non-hydrogen) atoms. The molecule has 0 aliphatic rings. The van der Waals surface area contributed by atoms with Gasteiger partial charge in [0, 0.05) is 40.4 Å². The van der Waals surface area contributed by atoms with Crippen LogP contribution in [0.2, 0.25) is 0 Å². The van der Waals surface area contributed by atoms with E-state index in [-0.39, 0.29) is 24.0 Å². The molecule has 0 saturated heterocycles. The second-order valence-corrected chi connectivity index (χ2v) is 6.52. The number of hydrogen-bond donors (Lipinski definition) is 1. The number of benzene rings is 1. The van der Waals surface area contributed by atoms with Crippen LogP contribution in [0.3, 0.4) is 0 Å². The third kappa shape index (κ3) is 7.53. The van der Waals surface area contributed by atoms with Crippen LogP contribution in [0.15, 0.2) is 47.6 Å². The molecule has 6 nitrogen and oxygen atoms in total. The Morgan fingerprint density at radius 2 is 1.79 bits per heavy atom. The largest absolute Gasteiger partial charge is 0.494 e. The molecule has 0 bridgehead atoms. The number of nitrogens with zero attached hydrogens (tertiary/aromatic N) is 4. The molecule has 0 atom stereocenters. The van der Waals surface area contributed by atoms with Crippen molar-refractivity contribution in [1.29, 1.82) is 0 Å². The lowest BCUT2D eigenvalue weighted by Gasteiger charge is -2.22. The molecule has 1 N–H and O–H groups in total. The van der Waals surface area contributed by atoms with Crippen molar-refractivity contribution in [2.75, 3.05) is 39.2 Å². The monoisotopic (exact) mass is 497 g/mol. The smallest absolute Gasteiger partial charge is 0.194 e. The van der Waals surface area contributed by atoms with Crippen LogP contribution >= 0.6 is 24.0 Å². The fourth-order valence-corrected chi connectivity index (χ4v) is 2.65. The van der Waals surface area contributed by atoms with Crippen LogP contribution in [0.4, 0.5) is 5.82 Å². The number of guanidine groups is 1. The summed E-state index contributed by atoms with van der Waals surface area (Å²) in [6, 6.07) is 12.3. The fraction of sp³-hybridized carbons (Fsp3) is 0.429. The van der Waals surface area contributed by atoms with Crippen LogP contribution < -0.4 is 15.0 Å². The Bertz CT molecular complexity index is 734. The minimum atomic E-state index is 0. The Kier molecular flexibility index (Phi) is 10.7. The normalized spacial score (nSPS) is 10.8. The maximum absolute atomic E-state index is 5.51. The fourth-order valence-electron chi connectivity index (χ4n) is 2.65. The molecule has 2 rings (SSSR count).